The highest BCUT2D eigenvalue weighted by molar-refractivity contribution is 7.71. The zero-order valence-electron chi connectivity index (χ0n) is 26.9. The van der Waals surface area contributed by atoms with E-state index in [0.29, 0.717) is 28.4 Å². The smallest absolute Gasteiger partial charge is 0.338 e. The SMILES string of the molecule is COc1ccc(C(=O)OCC2OC(n3cnc4c(=S)nc(N)[nH]c43)C(OC(=O)c3ccc(OC)cc3)C2OC(=O)c2ccc(OC)cc2)cc1. The van der Waals surface area contributed by atoms with Crippen molar-refractivity contribution in [1.29, 1.82) is 0 Å². The fourth-order valence-electron chi connectivity index (χ4n) is 5.29. The van der Waals surface area contributed by atoms with Crippen molar-refractivity contribution >= 4 is 47.2 Å². The van der Waals surface area contributed by atoms with Crippen LogP contribution in [0, 0.1) is 4.64 Å². The Labute approximate surface area is 289 Å². The highest BCUT2D eigenvalue weighted by Gasteiger charge is 2.52. The Morgan fingerprint density at radius 1 is 0.780 bits per heavy atom. The molecular weight excluding hydrogens is 670 g/mol. The first kappa shape index (κ1) is 33.9. The predicted molar refractivity (Wildman–Crippen MR) is 179 cm³/mol. The number of hydrogen-bond acceptors (Lipinski definition) is 14. The third-order valence-corrected chi connectivity index (χ3v) is 8.15. The number of anilines is 1. The minimum absolute atomic E-state index is 0.00137. The van der Waals surface area contributed by atoms with Crippen LogP contribution in [-0.4, -0.2) is 83.7 Å². The Morgan fingerprint density at radius 3 is 1.76 bits per heavy atom. The number of esters is 3. The van der Waals surface area contributed by atoms with Crippen LogP contribution in [-0.2, 0) is 18.9 Å². The Balaban J connectivity index is 1.37. The van der Waals surface area contributed by atoms with Gasteiger partial charge in [0.2, 0.25) is 0 Å². The number of imidazole rings is 1. The number of H-pyrrole nitrogens is 1. The molecule has 3 aromatic carbocycles. The van der Waals surface area contributed by atoms with Gasteiger partial charge in [0.25, 0.3) is 0 Å². The number of rotatable bonds is 11. The molecule has 4 atom stereocenters. The summed E-state index contributed by atoms with van der Waals surface area (Å²) in [5, 5.41) is 0. The highest BCUT2D eigenvalue weighted by Crippen LogP contribution is 2.37. The zero-order chi connectivity index (χ0) is 35.4. The van der Waals surface area contributed by atoms with E-state index in [1.165, 1.54) is 56.5 Å². The lowest BCUT2D eigenvalue weighted by Crippen LogP contribution is -2.41. The largest absolute Gasteiger partial charge is 0.497 e. The van der Waals surface area contributed by atoms with Gasteiger partial charge < -0.3 is 43.9 Å². The number of hydrogen-bond donors (Lipinski definition) is 2. The molecule has 3 heterocycles. The second-order valence-corrected chi connectivity index (χ2v) is 11.3. The van der Waals surface area contributed by atoms with Crippen LogP contribution >= 0.6 is 12.2 Å². The summed E-state index contributed by atoms with van der Waals surface area (Å²) in [7, 11) is 4.51. The van der Waals surface area contributed by atoms with Gasteiger partial charge in [-0.05, 0) is 72.8 Å². The standard InChI is InChI=1S/C34H31N5O10S/c1-43-21-10-4-18(5-11-21)31(40)46-16-24-26(48-32(41)19-6-12-22(44-2)13-7-19)27(49-33(42)20-8-14-23(45-3)15-9-20)30(47-24)39-17-36-25-28(39)37-34(35)38-29(25)50/h4-15,17,24,26-27,30H,16H2,1-3H3,(H3,35,37,38,50). The third kappa shape index (κ3) is 7.06. The monoisotopic (exact) mass is 701 g/mol. The van der Waals surface area contributed by atoms with Gasteiger partial charge >= 0.3 is 17.9 Å². The molecule has 258 valence electrons. The number of methoxy groups -OCH3 is 3. The maximum atomic E-state index is 13.6. The average Bonchev–Trinajstić information content (AvgIpc) is 3.71. The number of carbonyl (C=O) groups excluding carboxylic acids is 3. The molecule has 1 aliphatic heterocycles. The lowest BCUT2D eigenvalue weighted by atomic mass is 10.1. The molecule has 3 N–H and O–H groups in total. The molecule has 4 unspecified atom stereocenters. The number of nitrogens with one attached hydrogen (secondary N) is 1. The van der Waals surface area contributed by atoms with Gasteiger partial charge in [-0.15, -0.1) is 0 Å². The van der Waals surface area contributed by atoms with Gasteiger partial charge in [-0.2, -0.15) is 0 Å². The van der Waals surface area contributed by atoms with Crippen molar-refractivity contribution in [3.8, 4) is 17.2 Å². The molecular formula is C34H31N5O10S. The second-order valence-electron chi connectivity index (χ2n) is 10.9. The molecule has 0 saturated carbocycles. The van der Waals surface area contributed by atoms with E-state index >= 15 is 0 Å². The molecule has 6 rings (SSSR count). The lowest BCUT2D eigenvalue weighted by molar-refractivity contribution is -0.0606. The fraction of sp³-hybridized carbons (Fsp3) is 0.235. The molecule has 15 nitrogen and oxygen atoms in total. The first-order valence-electron chi connectivity index (χ1n) is 15.1. The molecule has 16 heteroatoms. The van der Waals surface area contributed by atoms with Crippen molar-refractivity contribution < 1.29 is 47.5 Å². The van der Waals surface area contributed by atoms with E-state index in [9.17, 15) is 14.4 Å². The number of nitrogen functional groups attached to an aromatic ring is 1. The molecule has 5 aromatic rings. The molecule has 1 aliphatic rings. The number of aromatic amines is 1. The van der Waals surface area contributed by atoms with Gasteiger partial charge in [-0.1, -0.05) is 12.2 Å². The Kier molecular flexibility index (Phi) is 9.92. The van der Waals surface area contributed by atoms with Crippen molar-refractivity contribution in [3.63, 3.8) is 0 Å². The summed E-state index contributed by atoms with van der Waals surface area (Å²) in [6.45, 7) is -0.398. The molecule has 0 radical (unpaired) electrons. The van der Waals surface area contributed by atoms with E-state index in [4.69, 9.17) is 51.1 Å². The highest BCUT2D eigenvalue weighted by atomic mass is 32.1. The number of benzene rings is 3. The normalized spacial score (nSPS) is 18.3. The summed E-state index contributed by atoms with van der Waals surface area (Å²) in [5.74, 6) is -0.589. The van der Waals surface area contributed by atoms with Gasteiger partial charge in [0.1, 0.15) is 41.1 Å². The molecule has 0 spiro atoms. The number of nitrogens with two attached hydrogens (primary N) is 1. The van der Waals surface area contributed by atoms with Crippen molar-refractivity contribution in [2.24, 2.45) is 0 Å². The van der Waals surface area contributed by atoms with E-state index < -0.39 is 49.1 Å². The quantitative estimate of drug-likeness (QED) is 0.113. The number of carbonyl (C=O) groups is 3. The van der Waals surface area contributed by atoms with Crippen LogP contribution in [0.15, 0.2) is 79.1 Å². The van der Waals surface area contributed by atoms with E-state index in [-0.39, 0.29) is 27.3 Å². The average molecular weight is 702 g/mol. The first-order valence-corrected chi connectivity index (χ1v) is 15.5. The number of ether oxygens (including phenoxy) is 7. The van der Waals surface area contributed by atoms with Gasteiger partial charge in [0.15, 0.2) is 29.0 Å². The van der Waals surface area contributed by atoms with E-state index in [1.54, 1.807) is 48.5 Å². The van der Waals surface area contributed by atoms with Crippen molar-refractivity contribution in [3.05, 3.63) is 100 Å². The van der Waals surface area contributed by atoms with Crippen LogP contribution < -0.4 is 19.9 Å². The van der Waals surface area contributed by atoms with E-state index in [0.717, 1.165) is 0 Å². The minimum atomic E-state index is -1.31. The summed E-state index contributed by atoms with van der Waals surface area (Å²) >= 11 is 5.35. The van der Waals surface area contributed by atoms with Crippen LogP contribution in [0.2, 0.25) is 0 Å². The summed E-state index contributed by atoms with van der Waals surface area (Å²) < 4.78 is 41.3. The van der Waals surface area contributed by atoms with Crippen LogP contribution in [0.25, 0.3) is 11.2 Å². The summed E-state index contributed by atoms with van der Waals surface area (Å²) in [6, 6.07) is 18.8. The number of nitrogens with zero attached hydrogens (tertiary/aromatic N) is 3. The van der Waals surface area contributed by atoms with Crippen LogP contribution in [0.4, 0.5) is 5.95 Å². The maximum Gasteiger partial charge on any atom is 0.338 e. The maximum absolute atomic E-state index is 13.6. The third-order valence-electron chi connectivity index (χ3n) is 7.87. The first-order chi connectivity index (χ1) is 24.2. The number of aromatic nitrogens is 4. The molecule has 2 aromatic heterocycles. The lowest BCUT2D eigenvalue weighted by Gasteiger charge is -2.25. The van der Waals surface area contributed by atoms with Crippen molar-refractivity contribution in [1.82, 2.24) is 19.5 Å². The molecule has 0 amide bonds. The zero-order valence-corrected chi connectivity index (χ0v) is 27.7. The molecule has 50 heavy (non-hydrogen) atoms. The molecule has 0 aliphatic carbocycles. The van der Waals surface area contributed by atoms with Gasteiger partial charge in [0, 0.05) is 0 Å². The number of fused-ring (bicyclic) bond motifs is 1. The predicted octanol–water partition coefficient (Wildman–Crippen LogP) is 4.30. The van der Waals surface area contributed by atoms with Crippen LogP contribution in [0.1, 0.15) is 37.3 Å². The van der Waals surface area contributed by atoms with Gasteiger partial charge in [0.05, 0.1) is 44.3 Å². The molecule has 0 bridgehead atoms. The van der Waals surface area contributed by atoms with E-state index in [2.05, 4.69) is 15.0 Å². The van der Waals surface area contributed by atoms with Crippen LogP contribution in [0.3, 0.4) is 0 Å². The minimum Gasteiger partial charge on any atom is -0.497 e. The van der Waals surface area contributed by atoms with Gasteiger partial charge in [-0.3, -0.25) is 4.57 Å². The van der Waals surface area contributed by atoms with Crippen molar-refractivity contribution in [2.75, 3.05) is 33.7 Å². The van der Waals surface area contributed by atoms with E-state index in [1.807, 2.05) is 0 Å². The Hall–Kier alpha value is -6.00. The molecule has 1 saturated heterocycles. The fourth-order valence-corrected chi connectivity index (χ4v) is 5.53. The Bertz CT molecular complexity index is 2070. The molecule has 1 fully saturated rings. The van der Waals surface area contributed by atoms with Crippen LogP contribution in [0.5, 0.6) is 17.2 Å². The topological polar surface area (TPSA) is 188 Å². The summed E-state index contributed by atoms with van der Waals surface area (Å²) in [4.78, 5) is 51.6. The summed E-state index contributed by atoms with van der Waals surface area (Å²) in [5.41, 5.74) is 7.17. The summed E-state index contributed by atoms with van der Waals surface area (Å²) in [6.07, 6.45) is -3.55. The van der Waals surface area contributed by atoms with Crippen molar-refractivity contribution in [2.45, 2.75) is 24.5 Å². The van der Waals surface area contributed by atoms with Gasteiger partial charge in [-0.25, -0.2) is 24.4 Å². The Morgan fingerprint density at radius 2 is 1.26 bits per heavy atom. The second kappa shape index (κ2) is 14.6.